The molecule has 0 radical (unpaired) electrons. The zero-order chi connectivity index (χ0) is 16.5. The lowest BCUT2D eigenvalue weighted by molar-refractivity contribution is 0.162. The Labute approximate surface area is 130 Å². The number of hydrogen-bond donors (Lipinski definition) is 0. The van der Waals surface area contributed by atoms with E-state index in [9.17, 15) is 4.79 Å². The van der Waals surface area contributed by atoms with Gasteiger partial charge < -0.3 is 9.15 Å². The van der Waals surface area contributed by atoms with Crippen LogP contribution < -0.4 is 10.4 Å². The number of rotatable bonds is 5. The molecule has 2 aromatic rings. The Balaban J connectivity index is 2.53. The van der Waals surface area contributed by atoms with E-state index in [0.717, 1.165) is 5.39 Å². The fourth-order valence-corrected chi connectivity index (χ4v) is 2.06. The van der Waals surface area contributed by atoms with Gasteiger partial charge in [0.15, 0.2) is 0 Å². The molecule has 0 aliphatic heterocycles. The molecule has 0 fully saturated rings. The van der Waals surface area contributed by atoms with Crippen molar-refractivity contribution in [2.24, 2.45) is 0 Å². The van der Waals surface area contributed by atoms with E-state index < -0.39 is 11.0 Å². The van der Waals surface area contributed by atoms with Gasteiger partial charge in [-0.15, -0.1) is 6.58 Å². The van der Waals surface area contributed by atoms with E-state index in [1.807, 2.05) is 45.9 Å². The molecule has 0 N–H and O–H groups in total. The van der Waals surface area contributed by atoms with E-state index in [1.54, 1.807) is 18.2 Å². The number of benzene rings is 1. The second-order valence-electron chi connectivity index (χ2n) is 6.48. The molecule has 22 heavy (non-hydrogen) atoms. The Morgan fingerprint density at radius 2 is 1.77 bits per heavy atom. The van der Waals surface area contributed by atoms with Gasteiger partial charge >= 0.3 is 5.63 Å². The van der Waals surface area contributed by atoms with Gasteiger partial charge in [-0.1, -0.05) is 26.5 Å². The van der Waals surface area contributed by atoms with Gasteiger partial charge in [0.25, 0.3) is 0 Å². The third-order valence-corrected chi connectivity index (χ3v) is 3.78. The van der Waals surface area contributed by atoms with Crippen LogP contribution in [0.15, 0.2) is 58.8 Å². The summed E-state index contributed by atoms with van der Waals surface area (Å²) in [7, 11) is 0. The van der Waals surface area contributed by atoms with E-state index in [-0.39, 0.29) is 5.63 Å². The fraction of sp³-hybridized carbons (Fsp3) is 0.316. The summed E-state index contributed by atoms with van der Waals surface area (Å²) in [5.41, 5.74) is -0.174. The molecule has 1 heterocycles. The van der Waals surface area contributed by atoms with Gasteiger partial charge in [-0.3, -0.25) is 0 Å². The van der Waals surface area contributed by atoms with E-state index in [2.05, 4.69) is 13.2 Å². The minimum Gasteiger partial charge on any atom is -0.484 e. The highest BCUT2D eigenvalue weighted by molar-refractivity contribution is 5.78. The lowest BCUT2D eigenvalue weighted by Crippen LogP contribution is -2.24. The molecular weight excluding hydrogens is 276 g/mol. The molecule has 0 atom stereocenters. The first kappa shape index (κ1) is 16.1. The summed E-state index contributed by atoms with van der Waals surface area (Å²) in [5.74, 6) is 0.635. The largest absolute Gasteiger partial charge is 0.484 e. The second kappa shape index (κ2) is 5.48. The Morgan fingerprint density at radius 1 is 1.09 bits per heavy atom. The molecule has 1 aromatic heterocycles. The van der Waals surface area contributed by atoms with Crippen molar-refractivity contribution in [3.05, 3.63) is 65.6 Å². The highest BCUT2D eigenvalue weighted by atomic mass is 16.5. The molecule has 2 rings (SSSR count). The summed E-state index contributed by atoms with van der Waals surface area (Å²) in [6, 6.07) is 7.33. The summed E-state index contributed by atoms with van der Waals surface area (Å²) in [6.45, 7) is 15.2. The molecule has 116 valence electrons. The lowest BCUT2D eigenvalue weighted by Gasteiger charge is -2.22. The van der Waals surface area contributed by atoms with Crippen LogP contribution in [0.3, 0.4) is 0 Å². The molecule has 0 bridgehead atoms. The van der Waals surface area contributed by atoms with Crippen molar-refractivity contribution < 1.29 is 9.15 Å². The van der Waals surface area contributed by atoms with Crippen molar-refractivity contribution in [1.82, 2.24) is 0 Å². The van der Waals surface area contributed by atoms with Crippen LogP contribution in [0.5, 0.6) is 5.75 Å². The normalized spacial score (nSPS) is 12.2. The molecule has 0 saturated carbocycles. The molecular formula is C19H22O3. The summed E-state index contributed by atoms with van der Waals surface area (Å²) >= 11 is 0. The Kier molecular flexibility index (Phi) is 4.01. The molecule has 0 saturated heterocycles. The second-order valence-corrected chi connectivity index (χ2v) is 6.48. The lowest BCUT2D eigenvalue weighted by atomic mass is 9.85. The average Bonchev–Trinajstić information content (AvgIpc) is 2.46. The topological polar surface area (TPSA) is 39.4 Å². The molecule has 0 amide bonds. The average molecular weight is 298 g/mol. The van der Waals surface area contributed by atoms with Crippen LogP contribution in [-0.4, -0.2) is 5.60 Å². The zero-order valence-corrected chi connectivity index (χ0v) is 13.6. The maximum absolute atomic E-state index is 12.2. The fourth-order valence-electron chi connectivity index (χ4n) is 2.06. The van der Waals surface area contributed by atoms with Gasteiger partial charge in [-0.2, -0.15) is 0 Å². The van der Waals surface area contributed by atoms with Crippen molar-refractivity contribution in [3.8, 4) is 5.75 Å². The molecule has 1 aromatic carbocycles. The number of ether oxygens (including phenoxy) is 1. The van der Waals surface area contributed by atoms with Gasteiger partial charge in [0, 0.05) is 22.4 Å². The van der Waals surface area contributed by atoms with Crippen molar-refractivity contribution >= 4 is 11.0 Å². The van der Waals surface area contributed by atoms with Crippen LogP contribution in [0.1, 0.15) is 33.3 Å². The van der Waals surface area contributed by atoms with Crippen LogP contribution >= 0.6 is 0 Å². The van der Waals surface area contributed by atoms with Crippen LogP contribution in [0.4, 0.5) is 0 Å². The van der Waals surface area contributed by atoms with Crippen molar-refractivity contribution in [1.29, 1.82) is 0 Å². The molecule has 0 unspecified atom stereocenters. The van der Waals surface area contributed by atoms with Gasteiger partial charge in [-0.05, 0) is 38.1 Å². The highest BCUT2D eigenvalue weighted by Gasteiger charge is 2.22. The third kappa shape index (κ3) is 3.14. The summed E-state index contributed by atoms with van der Waals surface area (Å²) < 4.78 is 11.3. The summed E-state index contributed by atoms with van der Waals surface area (Å²) in [6.07, 6.45) is 3.47. The van der Waals surface area contributed by atoms with E-state index in [0.29, 0.717) is 16.9 Å². The Hall–Kier alpha value is -2.29. The third-order valence-electron chi connectivity index (χ3n) is 3.78. The Bertz CT molecular complexity index is 779. The highest BCUT2D eigenvalue weighted by Crippen LogP contribution is 2.28. The first-order valence-corrected chi connectivity index (χ1v) is 7.23. The van der Waals surface area contributed by atoms with Crippen LogP contribution in [0, 0.1) is 0 Å². The smallest absolute Gasteiger partial charge is 0.340 e. The minimum atomic E-state index is -0.487. The number of fused-ring (bicyclic) bond motifs is 1. The number of hydrogen-bond acceptors (Lipinski definition) is 3. The van der Waals surface area contributed by atoms with Gasteiger partial charge in [0.1, 0.15) is 16.9 Å². The Morgan fingerprint density at radius 3 is 2.36 bits per heavy atom. The molecule has 3 heteroatoms. The predicted molar refractivity (Wildman–Crippen MR) is 90.6 cm³/mol. The quantitative estimate of drug-likeness (QED) is 0.598. The standard InChI is InChI=1S/C19H22O3/c1-7-18(3,4)15-11-13-9-10-14(22-19(5,6)8-2)12-16(13)21-17(15)20/h7-12H,1-2H2,3-6H3. The predicted octanol–water partition coefficient (Wildman–Crippen LogP) is 4.60. The maximum atomic E-state index is 12.2. The van der Waals surface area contributed by atoms with Gasteiger partial charge in [-0.25, -0.2) is 4.79 Å². The summed E-state index contributed by atoms with van der Waals surface area (Å²) in [5, 5.41) is 0.855. The van der Waals surface area contributed by atoms with E-state index in [1.165, 1.54) is 0 Å². The zero-order valence-electron chi connectivity index (χ0n) is 13.6. The van der Waals surface area contributed by atoms with E-state index >= 15 is 0 Å². The molecule has 0 spiro atoms. The SMILES string of the molecule is C=CC(C)(C)Oc1ccc2cc(C(C)(C)C=C)c(=O)oc2c1. The van der Waals surface area contributed by atoms with Crippen molar-refractivity contribution in [2.45, 2.75) is 38.7 Å². The molecule has 0 aliphatic rings. The van der Waals surface area contributed by atoms with Crippen molar-refractivity contribution in [3.63, 3.8) is 0 Å². The number of allylic oxidation sites excluding steroid dienone is 1. The van der Waals surface area contributed by atoms with Crippen molar-refractivity contribution in [2.75, 3.05) is 0 Å². The van der Waals surface area contributed by atoms with Crippen LogP contribution in [0.25, 0.3) is 11.0 Å². The first-order chi connectivity index (χ1) is 10.2. The first-order valence-electron chi connectivity index (χ1n) is 7.23. The van der Waals surface area contributed by atoms with Crippen LogP contribution in [-0.2, 0) is 5.41 Å². The minimum absolute atomic E-state index is 0.350. The van der Waals surface area contributed by atoms with Gasteiger partial charge in [0.2, 0.25) is 0 Å². The van der Waals surface area contributed by atoms with Crippen LogP contribution in [0.2, 0.25) is 0 Å². The van der Waals surface area contributed by atoms with Gasteiger partial charge in [0.05, 0.1) is 0 Å². The molecule has 0 aliphatic carbocycles. The summed E-state index contributed by atoms with van der Waals surface area (Å²) in [4.78, 5) is 12.2. The molecule has 3 nitrogen and oxygen atoms in total. The monoisotopic (exact) mass is 298 g/mol. The van der Waals surface area contributed by atoms with E-state index in [4.69, 9.17) is 9.15 Å². The maximum Gasteiger partial charge on any atom is 0.340 e.